The molecule has 1 aliphatic rings. The standard InChI is InChI=1S/C15H18ClNO2/c1-18-14-8-4-6-12(14)17-9-11-10-5-2-3-7-13(10)19-15(11)16/h2-3,5,7,12,14,17H,4,6,8-9H2,1H3. The zero-order valence-electron chi connectivity index (χ0n) is 11.0. The number of methoxy groups -OCH3 is 1. The summed E-state index contributed by atoms with van der Waals surface area (Å²) in [5.41, 5.74) is 1.89. The molecule has 0 amide bonds. The van der Waals surface area contributed by atoms with E-state index in [0.717, 1.165) is 35.9 Å². The maximum absolute atomic E-state index is 6.19. The van der Waals surface area contributed by atoms with Gasteiger partial charge in [-0.1, -0.05) is 18.2 Å². The zero-order valence-corrected chi connectivity index (χ0v) is 11.7. The Kier molecular flexibility index (Phi) is 3.78. The number of hydrogen-bond acceptors (Lipinski definition) is 3. The van der Waals surface area contributed by atoms with E-state index in [4.69, 9.17) is 20.8 Å². The van der Waals surface area contributed by atoms with Crippen LogP contribution in [0.2, 0.25) is 5.22 Å². The van der Waals surface area contributed by atoms with Crippen molar-refractivity contribution < 1.29 is 9.15 Å². The Morgan fingerprint density at radius 3 is 3.05 bits per heavy atom. The van der Waals surface area contributed by atoms with Crippen molar-refractivity contribution >= 4 is 22.6 Å². The molecule has 1 aliphatic carbocycles. The molecule has 1 fully saturated rings. The molecule has 0 saturated heterocycles. The van der Waals surface area contributed by atoms with Crippen molar-refractivity contribution in [2.24, 2.45) is 0 Å². The first-order chi connectivity index (χ1) is 9.29. The summed E-state index contributed by atoms with van der Waals surface area (Å²) in [6.45, 7) is 0.723. The zero-order chi connectivity index (χ0) is 13.2. The van der Waals surface area contributed by atoms with Gasteiger partial charge < -0.3 is 14.5 Å². The van der Waals surface area contributed by atoms with Crippen molar-refractivity contribution in [1.29, 1.82) is 0 Å². The van der Waals surface area contributed by atoms with Crippen LogP contribution in [0.5, 0.6) is 0 Å². The van der Waals surface area contributed by atoms with Gasteiger partial charge in [0, 0.05) is 30.6 Å². The number of fused-ring (bicyclic) bond motifs is 1. The molecule has 1 saturated carbocycles. The molecule has 1 heterocycles. The molecule has 0 bridgehead atoms. The summed E-state index contributed by atoms with van der Waals surface area (Å²) in [6, 6.07) is 8.36. The molecule has 2 atom stereocenters. The second kappa shape index (κ2) is 5.53. The Balaban J connectivity index is 1.76. The minimum absolute atomic E-state index is 0.317. The Labute approximate surface area is 117 Å². The fourth-order valence-electron chi connectivity index (χ4n) is 2.91. The summed E-state index contributed by atoms with van der Waals surface area (Å²) in [5, 5.41) is 5.13. The van der Waals surface area contributed by atoms with Gasteiger partial charge in [0.25, 0.3) is 0 Å². The van der Waals surface area contributed by atoms with Gasteiger partial charge in [-0.2, -0.15) is 0 Å². The highest BCUT2D eigenvalue weighted by atomic mass is 35.5. The molecular formula is C15H18ClNO2. The van der Waals surface area contributed by atoms with Crippen LogP contribution in [0.25, 0.3) is 11.0 Å². The van der Waals surface area contributed by atoms with E-state index < -0.39 is 0 Å². The normalized spacial score (nSPS) is 23.3. The fraction of sp³-hybridized carbons (Fsp3) is 0.467. The van der Waals surface area contributed by atoms with Gasteiger partial charge in [0.15, 0.2) is 5.22 Å². The van der Waals surface area contributed by atoms with Crippen molar-refractivity contribution in [2.45, 2.75) is 38.0 Å². The Morgan fingerprint density at radius 1 is 1.37 bits per heavy atom. The van der Waals surface area contributed by atoms with Crippen LogP contribution >= 0.6 is 11.6 Å². The van der Waals surface area contributed by atoms with Crippen LogP contribution in [0.3, 0.4) is 0 Å². The average Bonchev–Trinajstić information content (AvgIpc) is 2.99. The van der Waals surface area contributed by atoms with Crippen LogP contribution in [0.1, 0.15) is 24.8 Å². The lowest BCUT2D eigenvalue weighted by molar-refractivity contribution is 0.0847. The number of benzene rings is 1. The van der Waals surface area contributed by atoms with Crippen LogP contribution in [-0.4, -0.2) is 19.3 Å². The van der Waals surface area contributed by atoms with Gasteiger partial charge in [0.2, 0.25) is 0 Å². The third kappa shape index (κ3) is 2.50. The summed E-state index contributed by atoms with van der Waals surface area (Å²) < 4.78 is 11.1. The van der Waals surface area contributed by atoms with Crippen molar-refractivity contribution in [2.75, 3.05) is 7.11 Å². The first-order valence-electron chi connectivity index (χ1n) is 6.71. The van der Waals surface area contributed by atoms with Crippen molar-refractivity contribution in [3.05, 3.63) is 35.0 Å². The summed E-state index contributed by atoms with van der Waals surface area (Å²) in [4.78, 5) is 0. The predicted molar refractivity (Wildman–Crippen MR) is 76.5 cm³/mol. The highest BCUT2D eigenvalue weighted by Crippen LogP contribution is 2.30. The molecule has 0 spiro atoms. The third-order valence-electron chi connectivity index (χ3n) is 3.95. The number of para-hydroxylation sites is 1. The van der Waals surface area contributed by atoms with E-state index in [9.17, 15) is 0 Å². The van der Waals surface area contributed by atoms with E-state index in [-0.39, 0.29) is 0 Å². The van der Waals surface area contributed by atoms with Crippen molar-refractivity contribution in [1.82, 2.24) is 5.32 Å². The van der Waals surface area contributed by atoms with E-state index in [1.54, 1.807) is 7.11 Å². The molecule has 19 heavy (non-hydrogen) atoms. The van der Waals surface area contributed by atoms with Crippen molar-refractivity contribution in [3.63, 3.8) is 0 Å². The van der Waals surface area contributed by atoms with Gasteiger partial charge in [-0.3, -0.25) is 0 Å². The largest absolute Gasteiger partial charge is 0.444 e. The third-order valence-corrected chi connectivity index (χ3v) is 4.25. The maximum atomic E-state index is 6.19. The lowest BCUT2D eigenvalue weighted by atomic mass is 10.1. The molecule has 2 aromatic rings. The number of ether oxygens (including phenoxy) is 1. The van der Waals surface area contributed by atoms with E-state index in [1.165, 1.54) is 6.42 Å². The number of rotatable bonds is 4. The van der Waals surface area contributed by atoms with Gasteiger partial charge in [0.1, 0.15) is 5.58 Å². The summed E-state index contributed by atoms with van der Waals surface area (Å²) in [5.74, 6) is 0. The predicted octanol–water partition coefficient (Wildman–Crippen LogP) is 3.74. The van der Waals surface area contributed by atoms with Gasteiger partial charge >= 0.3 is 0 Å². The first kappa shape index (κ1) is 13.0. The van der Waals surface area contributed by atoms with E-state index in [1.807, 2.05) is 24.3 Å². The fourth-order valence-corrected chi connectivity index (χ4v) is 3.16. The van der Waals surface area contributed by atoms with Crippen molar-refractivity contribution in [3.8, 4) is 0 Å². The topological polar surface area (TPSA) is 34.4 Å². The number of halogens is 1. The van der Waals surface area contributed by atoms with E-state index >= 15 is 0 Å². The monoisotopic (exact) mass is 279 g/mol. The number of nitrogens with one attached hydrogen (secondary N) is 1. The molecule has 102 valence electrons. The lowest BCUT2D eigenvalue weighted by Crippen LogP contribution is -2.36. The molecule has 2 unspecified atom stereocenters. The molecule has 3 nitrogen and oxygen atoms in total. The van der Waals surface area contributed by atoms with Gasteiger partial charge in [-0.25, -0.2) is 0 Å². The second-order valence-corrected chi connectivity index (χ2v) is 5.39. The van der Waals surface area contributed by atoms with Crippen LogP contribution in [0.4, 0.5) is 0 Å². The lowest BCUT2D eigenvalue weighted by Gasteiger charge is -2.19. The quantitative estimate of drug-likeness (QED) is 0.926. The average molecular weight is 280 g/mol. The highest BCUT2D eigenvalue weighted by molar-refractivity contribution is 6.30. The Bertz CT molecular complexity index is 566. The van der Waals surface area contributed by atoms with E-state index in [2.05, 4.69) is 5.32 Å². The SMILES string of the molecule is COC1CCCC1NCc1c(Cl)oc2ccccc12. The Hall–Kier alpha value is -1.03. The van der Waals surface area contributed by atoms with Crippen LogP contribution in [-0.2, 0) is 11.3 Å². The molecule has 1 aromatic carbocycles. The minimum atomic E-state index is 0.317. The Morgan fingerprint density at radius 2 is 2.21 bits per heavy atom. The van der Waals surface area contributed by atoms with E-state index in [0.29, 0.717) is 17.4 Å². The number of hydrogen-bond donors (Lipinski definition) is 1. The summed E-state index contributed by atoms with van der Waals surface area (Å²) >= 11 is 6.19. The molecular weight excluding hydrogens is 262 g/mol. The van der Waals surface area contributed by atoms with Gasteiger partial charge in [-0.15, -0.1) is 0 Å². The summed E-state index contributed by atoms with van der Waals surface area (Å²) in [7, 11) is 1.78. The molecule has 4 heteroatoms. The highest BCUT2D eigenvalue weighted by Gasteiger charge is 2.27. The van der Waals surface area contributed by atoms with Crippen LogP contribution < -0.4 is 5.32 Å². The van der Waals surface area contributed by atoms with Crippen LogP contribution in [0, 0.1) is 0 Å². The van der Waals surface area contributed by atoms with Gasteiger partial charge in [0.05, 0.1) is 6.10 Å². The molecule has 0 aliphatic heterocycles. The smallest absolute Gasteiger partial charge is 0.199 e. The molecule has 0 radical (unpaired) electrons. The molecule has 1 N–H and O–H groups in total. The second-order valence-electron chi connectivity index (χ2n) is 5.04. The molecule has 1 aromatic heterocycles. The first-order valence-corrected chi connectivity index (χ1v) is 7.09. The maximum Gasteiger partial charge on any atom is 0.199 e. The van der Waals surface area contributed by atoms with Gasteiger partial charge in [-0.05, 0) is 36.9 Å². The number of furan rings is 1. The minimum Gasteiger partial charge on any atom is -0.444 e. The molecule has 3 rings (SSSR count). The summed E-state index contributed by atoms with van der Waals surface area (Å²) in [6.07, 6.45) is 3.83. The van der Waals surface area contributed by atoms with Crippen LogP contribution in [0.15, 0.2) is 28.7 Å².